The van der Waals surface area contributed by atoms with Gasteiger partial charge < -0.3 is 10.4 Å². The van der Waals surface area contributed by atoms with Crippen LogP contribution < -0.4 is 21.7 Å². The highest BCUT2D eigenvalue weighted by molar-refractivity contribution is 5.83. The normalized spacial score (nSPS) is 12.2. The molecule has 0 aliphatic carbocycles. The Morgan fingerprint density at radius 3 is 2.13 bits per heavy atom. The molecule has 0 aliphatic rings. The van der Waals surface area contributed by atoms with Crippen LogP contribution in [0.25, 0.3) is 16.8 Å². The molecule has 0 amide bonds. The van der Waals surface area contributed by atoms with Crippen molar-refractivity contribution in [2.24, 2.45) is 7.05 Å². The molecular weight excluding hydrogens is 382 g/mol. The van der Waals surface area contributed by atoms with E-state index in [1.165, 1.54) is 4.68 Å². The molecule has 0 fully saturated rings. The smallest absolute Gasteiger partial charge is 0.279 e. The lowest BCUT2D eigenvalue weighted by Crippen LogP contribution is -2.38. The van der Waals surface area contributed by atoms with Gasteiger partial charge in [0.05, 0.1) is 28.6 Å². The van der Waals surface area contributed by atoms with E-state index in [4.69, 9.17) is 0 Å². The maximum Gasteiger partial charge on any atom is 0.279 e. The average molecular weight is 403 g/mol. The zero-order chi connectivity index (χ0) is 21.4. The molecule has 0 aliphatic heterocycles. The molecule has 30 heavy (non-hydrogen) atoms. The molecule has 0 saturated heterocycles. The van der Waals surface area contributed by atoms with Crippen molar-refractivity contribution in [2.75, 3.05) is 11.9 Å². The van der Waals surface area contributed by atoms with Gasteiger partial charge in [-0.05, 0) is 24.6 Å². The van der Waals surface area contributed by atoms with E-state index in [1.54, 1.807) is 55.1 Å². The van der Waals surface area contributed by atoms with Crippen molar-refractivity contribution in [3.05, 3.63) is 103 Å². The van der Waals surface area contributed by atoms with Crippen molar-refractivity contribution >= 4 is 5.69 Å². The van der Waals surface area contributed by atoms with E-state index in [9.17, 15) is 19.5 Å². The number of hydrogen-bond acceptors (Lipinski definition) is 5. The van der Waals surface area contributed by atoms with Crippen LogP contribution >= 0.6 is 0 Å². The lowest BCUT2D eigenvalue weighted by Gasteiger charge is -2.16. The average Bonchev–Trinajstić information content (AvgIpc) is 2.99. The molecule has 7 nitrogen and oxygen atoms in total. The van der Waals surface area contributed by atoms with E-state index in [1.807, 2.05) is 24.3 Å². The van der Waals surface area contributed by atoms with Crippen LogP contribution in [0.2, 0.25) is 0 Å². The lowest BCUT2D eigenvalue weighted by molar-refractivity contribution is 0.191. The van der Waals surface area contributed by atoms with Gasteiger partial charge in [-0.2, -0.15) is 0 Å². The van der Waals surface area contributed by atoms with Crippen molar-refractivity contribution in [2.45, 2.75) is 13.0 Å². The van der Waals surface area contributed by atoms with Gasteiger partial charge in [0.25, 0.3) is 5.56 Å². The van der Waals surface area contributed by atoms with Gasteiger partial charge >= 0.3 is 0 Å². The predicted molar refractivity (Wildman–Crippen MR) is 116 cm³/mol. The molecular formula is C23H21N3O4. The summed E-state index contributed by atoms with van der Waals surface area (Å²) < 4.78 is 3.12. The quantitative estimate of drug-likeness (QED) is 0.480. The van der Waals surface area contributed by atoms with E-state index < -0.39 is 17.0 Å². The second-order valence-electron chi connectivity index (χ2n) is 7.15. The first-order valence-electron chi connectivity index (χ1n) is 9.56. The molecule has 3 aromatic carbocycles. The number of nitrogens with one attached hydrogen (secondary N) is 1. The van der Waals surface area contributed by atoms with Gasteiger partial charge in [0, 0.05) is 19.3 Å². The molecule has 7 heteroatoms. The van der Waals surface area contributed by atoms with E-state index in [0.29, 0.717) is 16.9 Å². The third-order valence-electron chi connectivity index (χ3n) is 5.37. The van der Waals surface area contributed by atoms with Crippen molar-refractivity contribution in [3.8, 4) is 16.8 Å². The molecule has 0 saturated carbocycles. The second-order valence-corrected chi connectivity index (χ2v) is 7.15. The van der Waals surface area contributed by atoms with Gasteiger partial charge in [-0.15, -0.1) is 0 Å². The Hall–Kier alpha value is -3.71. The highest BCUT2D eigenvalue weighted by Crippen LogP contribution is 2.26. The fourth-order valence-electron chi connectivity index (χ4n) is 3.65. The largest absolute Gasteiger partial charge is 0.387 e. The van der Waals surface area contributed by atoms with Gasteiger partial charge in [-0.1, -0.05) is 48.5 Å². The van der Waals surface area contributed by atoms with Gasteiger partial charge in [0.1, 0.15) is 0 Å². The zero-order valence-corrected chi connectivity index (χ0v) is 16.6. The first-order valence-corrected chi connectivity index (χ1v) is 9.56. The van der Waals surface area contributed by atoms with Crippen LogP contribution in [0.5, 0.6) is 0 Å². The maximum absolute atomic E-state index is 13.2. The number of hydrogen-bond donors (Lipinski definition) is 2. The van der Waals surface area contributed by atoms with Gasteiger partial charge in [-0.3, -0.25) is 19.1 Å². The summed E-state index contributed by atoms with van der Waals surface area (Å²) in [6, 6.07) is 18.1. The highest BCUT2D eigenvalue weighted by atomic mass is 16.3. The SMILES string of the molecule is Cc1c(-c2c(NCC(O)c3ccccc3)c(=O)c2=O)c(=O)n(-c2ccccc2)n1C. The number of aromatic nitrogens is 2. The van der Waals surface area contributed by atoms with Crippen LogP contribution in [0.15, 0.2) is 75.0 Å². The van der Waals surface area contributed by atoms with E-state index in [2.05, 4.69) is 5.32 Å². The topological polar surface area (TPSA) is 93.3 Å². The van der Waals surface area contributed by atoms with Crippen LogP contribution in [-0.4, -0.2) is 21.0 Å². The van der Waals surface area contributed by atoms with E-state index in [0.717, 1.165) is 0 Å². The predicted octanol–water partition coefficient (Wildman–Crippen LogP) is 1.89. The van der Waals surface area contributed by atoms with Gasteiger partial charge in [0.2, 0.25) is 10.9 Å². The van der Waals surface area contributed by atoms with Gasteiger partial charge in [0.15, 0.2) is 0 Å². The number of anilines is 1. The monoisotopic (exact) mass is 403 g/mol. The number of nitrogens with zero attached hydrogens (tertiary/aromatic N) is 2. The summed E-state index contributed by atoms with van der Waals surface area (Å²) >= 11 is 0. The minimum Gasteiger partial charge on any atom is -0.387 e. The molecule has 0 radical (unpaired) electrons. The van der Waals surface area contributed by atoms with Crippen molar-refractivity contribution < 1.29 is 5.11 Å². The summed E-state index contributed by atoms with van der Waals surface area (Å²) in [6.45, 7) is 1.77. The van der Waals surface area contributed by atoms with Crippen LogP contribution in [0.4, 0.5) is 5.69 Å². The summed E-state index contributed by atoms with van der Waals surface area (Å²) in [5.41, 5.74) is 0.510. The maximum atomic E-state index is 13.2. The number of para-hydroxylation sites is 1. The first-order chi connectivity index (χ1) is 14.4. The Bertz CT molecular complexity index is 1330. The zero-order valence-electron chi connectivity index (χ0n) is 16.6. The highest BCUT2D eigenvalue weighted by Gasteiger charge is 2.29. The summed E-state index contributed by atoms with van der Waals surface area (Å²) in [7, 11) is 1.73. The molecule has 1 heterocycles. The van der Waals surface area contributed by atoms with Crippen molar-refractivity contribution in [1.29, 1.82) is 0 Å². The molecule has 0 bridgehead atoms. The number of aliphatic hydroxyl groups excluding tert-OH is 1. The first kappa shape index (κ1) is 19.6. The van der Waals surface area contributed by atoms with E-state index >= 15 is 0 Å². The summed E-state index contributed by atoms with van der Waals surface area (Å²) in [6.07, 6.45) is -0.860. The summed E-state index contributed by atoms with van der Waals surface area (Å²) in [4.78, 5) is 37.8. The Morgan fingerprint density at radius 2 is 1.50 bits per heavy atom. The fourth-order valence-corrected chi connectivity index (χ4v) is 3.65. The third-order valence-corrected chi connectivity index (χ3v) is 5.37. The molecule has 152 valence electrons. The number of aliphatic hydroxyl groups is 1. The summed E-state index contributed by atoms with van der Waals surface area (Å²) in [5, 5.41) is 13.2. The molecule has 1 atom stereocenters. The second kappa shape index (κ2) is 7.61. The lowest BCUT2D eigenvalue weighted by atomic mass is 9.98. The third kappa shape index (κ3) is 3.09. The Labute approximate surface area is 172 Å². The van der Waals surface area contributed by atoms with E-state index in [-0.39, 0.29) is 28.9 Å². The van der Waals surface area contributed by atoms with Crippen LogP contribution in [0.1, 0.15) is 17.4 Å². The van der Waals surface area contributed by atoms with Crippen LogP contribution in [0, 0.1) is 6.92 Å². The molecule has 1 unspecified atom stereocenters. The fraction of sp³-hybridized carbons (Fsp3) is 0.174. The molecule has 1 aromatic heterocycles. The molecule has 4 aromatic rings. The Kier molecular flexibility index (Phi) is 4.97. The molecule has 0 spiro atoms. The Morgan fingerprint density at radius 1 is 0.900 bits per heavy atom. The van der Waals surface area contributed by atoms with Crippen LogP contribution in [-0.2, 0) is 7.05 Å². The van der Waals surface area contributed by atoms with Crippen LogP contribution in [0.3, 0.4) is 0 Å². The standard InChI is InChI=1S/C23H21N3O4/c1-14-18(23(30)26(25(14)2)16-11-7-4-8-12-16)19-20(22(29)21(19)28)24-13-17(27)15-9-5-3-6-10-15/h3-12,17,24,27H,13H2,1-2H3. The number of rotatable bonds is 6. The summed E-state index contributed by atoms with van der Waals surface area (Å²) in [5.74, 6) is 0. The molecule has 4 rings (SSSR count). The number of benzene rings is 2. The molecule has 2 N–H and O–H groups in total. The van der Waals surface area contributed by atoms with Crippen molar-refractivity contribution in [1.82, 2.24) is 9.36 Å². The minimum atomic E-state index is -0.860. The van der Waals surface area contributed by atoms with Gasteiger partial charge in [-0.25, -0.2) is 4.68 Å². The minimum absolute atomic E-state index is 0.0423. The Balaban J connectivity index is 1.72. The van der Waals surface area contributed by atoms with Crippen molar-refractivity contribution in [3.63, 3.8) is 0 Å².